The highest BCUT2D eigenvalue weighted by Gasteiger charge is 2.31. The molecule has 1 aromatic carbocycles. The summed E-state index contributed by atoms with van der Waals surface area (Å²) in [6.07, 6.45) is 0. The number of benzene rings is 1. The molecule has 0 aliphatic carbocycles. The Kier molecular flexibility index (Phi) is 2.96. The first-order chi connectivity index (χ1) is 8.02. The zero-order chi connectivity index (χ0) is 12.5. The Hall–Kier alpha value is -1.71. The maximum Gasteiger partial charge on any atom is 0.239 e. The number of carbonyl (C=O) groups excluding carboxylic acids is 1. The van der Waals surface area contributed by atoms with E-state index in [1.165, 1.54) is 0 Å². The number of hydrogen-bond acceptors (Lipinski definition) is 3. The van der Waals surface area contributed by atoms with Gasteiger partial charge >= 0.3 is 0 Å². The van der Waals surface area contributed by atoms with E-state index in [1.54, 1.807) is 7.11 Å². The molecule has 2 rings (SSSR count). The first-order valence-corrected chi connectivity index (χ1v) is 5.71. The molecule has 17 heavy (non-hydrogen) atoms. The van der Waals surface area contributed by atoms with E-state index >= 15 is 0 Å². The van der Waals surface area contributed by atoms with Crippen LogP contribution in [0, 0.1) is 0 Å². The second-order valence-corrected chi connectivity index (χ2v) is 4.96. The van der Waals surface area contributed by atoms with Gasteiger partial charge in [0.15, 0.2) is 0 Å². The fraction of sp³-hybridized carbons (Fsp3) is 0.462. The van der Waals surface area contributed by atoms with E-state index in [1.807, 2.05) is 38.1 Å². The fourth-order valence-corrected chi connectivity index (χ4v) is 2.22. The monoisotopic (exact) mass is 234 g/mol. The summed E-state index contributed by atoms with van der Waals surface area (Å²) in [5.41, 5.74) is 0.758. The molecule has 0 atom stereocenters. The highest BCUT2D eigenvalue weighted by atomic mass is 16.5. The van der Waals surface area contributed by atoms with Gasteiger partial charge in [0.25, 0.3) is 0 Å². The van der Waals surface area contributed by atoms with Gasteiger partial charge in [0.2, 0.25) is 5.91 Å². The van der Waals surface area contributed by atoms with E-state index in [4.69, 9.17) is 4.74 Å². The van der Waals surface area contributed by atoms with Crippen molar-refractivity contribution in [1.29, 1.82) is 0 Å². The van der Waals surface area contributed by atoms with Crippen molar-refractivity contribution in [1.82, 2.24) is 5.32 Å². The van der Waals surface area contributed by atoms with Gasteiger partial charge in [-0.1, -0.05) is 12.1 Å². The average molecular weight is 234 g/mol. The van der Waals surface area contributed by atoms with Crippen molar-refractivity contribution in [2.24, 2.45) is 0 Å². The smallest absolute Gasteiger partial charge is 0.239 e. The fourth-order valence-electron chi connectivity index (χ4n) is 2.22. The van der Waals surface area contributed by atoms with Crippen LogP contribution in [0.2, 0.25) is 0 Å². The molecule has 1 N–H and O–H groups in total. The van der Waals surface area contributed by atoms with Crippen molar-refractivity contribution >= 4 is 11.6 Å². The molecule has 1 saturated heterocycles. The third-order valence-electron chi connectivity index (χ3n) is 2.82. The molecule has 92 valence electrons. The maximum atomic E-state index is 11.7. The zero-order valence-electron chi connectivity index (χ0n) is 10.5. The molecule has 0 bridgehead atoms. The molecule has 1 aromatic rings. The lowest BCUT2D eigenvalue weighted by molar-refractivity contribution is -0.122. The number of ether oxygens (including phenoxy) is 1. The minimum atomic E-state index is -0.212. The Morgan fingerprint density at radius 1 is 1.35 bits per heavy atom. The van der Waals surface area contributed by atoms with Crippen LogP contribution in [0.15, 0.2) is 24.3 Å². The van der Waals surface area contributed by atoms with Crippen LogP contribution < -0.4 is 15.0 Å². The Labute approximate surface area is 102 Å². The van der Waals surface area contributed by atoms with Gasteiger partial charge in [0.05, 0.1) is 24.9 Å². The molecular weight excluding hydrogens is 216 g/mol. The second-order valence-electron chi connectivity index (χ2n) is 4.96. The molecule has 4 nitrogen and oxygen atoms in total. The van der Waals surface area contributed by atoms with Gasteiger partial charge < -0.3 is 15.0 Å². The predicted molar refractivity (Wildman–Crippen MR) is 67.4 cm³/mol. The van der Waals surface area contributed by atoms with Crippen molar-refractivity contribution < 1.29 is 9.53 Å². The third kappa shape index (κ3) is 2.52. The number of nitrogens with zero attached hydrogens (tertiary/aromatic N) is 1. The SMILES string of the molecule is COc1ccccc1N1CC(=O)NC(C)(C)C1. The highest BCUT2D eigenvalue weighted by molar-refractivity contribution is 5.84. The molecule has 1 aliphatic rings. The number of rotatable bonds is 2. The molecule has 0 spiro atoms. The van der Waals surface area contributed by atoms with Crippen LogP contribution in [-0.2, 0) is 4.79 Å². The van der Waals surface area contributed by atoms with Crippen molar-refractivity contribution in [3.05, 3.63) is 24.3 Å². The minimum Gasteiger partial charge on any atom is -0.495 e. The summed E-state index contributed by atoms with van der Waals surface area (Å²) in [5, 5.41) is 2.97. The van der Waals surface area contributed by atoms with Gasteiger partial charge in [0.1, 0.15) is 5.75 Å². The summed E-state index contributed by atoms with van der Waals surface area (Å²) < 4.78 is 5.33. The van der Waals surface area contributed by atoms with Crippen LogP contribution in [-0.4, -0.2) is 31.6 Å². The summed E-state index contributed by atoms with van der Waals surface area (Å²) >= 11 is 0. The molecule has 1 fully saturated rings. The largest absolute Gasteiger partial charge is 0.495 e. The summed E-state index contributed by atoms with van der Waals surface area (Å²) in [7, 11) is 1.65. The lowest BCUT2D eigenvalue weighted by atomic mass is 10.0. The van der Waals surface area contributed by atoms with E-state index in [0.29, 0.717) is 6.54 Å². The molecule has 0 radical (unpaired) electrons. The number of carbonyl (C=O) groups is 1. The summed E-state index contributed by atoms with van der Waals surface area (Å²) in [6, 6.07) is 7.78. The number of hydrogen-bond donors (Lipinski definition) is 1. The number of methoxy groups -OCH3 is 1. The van der Waals surface area contributed by atoms with E-state index in [9.17, 15) is 4.79 Å². The van der Waals surface area contributed by atoms with Crippen molar-refractivity contribution in [2.45, 2.75) is 19.4 Å². The molecule has 1 amide bonds. The Morgan fingerprint density at radius 2 is 2.06 bits per heavy atom. The Balaban J connectivity index is 2.30. The lowest BCUT2D eigenvalue weighted by Gasteiger charge is -2.40. The molecular formula is C13H18N2O2. The third-order valence-corrected chi connectivity index (χ3v) is 2.82. The van der Waals surface area contributed by atoms with Crippen LogP contribution in [0.3, 0.4) is 0 Å². The molecule has 0 unspecified atom stereocenters. The molecule has 0 aromatic heterocycles. The van der Waals surface area contributed by atoms with Gasteiger partial charge in [-0.3, -0.25) is 4.79 Å². The number of para-hydroxylation sites is 2. The summed E-state index contributed by atoms with van der Waals surface area (Å²) in [4.78, 5) is 13.7. The van der Waals surface area contributed by atoms with Crippen LogP contribution in [0.25, 0.3) is 0 Å². The predicted octanol–water partition coefficient (Wildman–Crippen LogP) is 1.41. The van der Waals surface area contributed by atoms with Gasteiger partial charge in [-0.25, -0.2) is 0 Å². The van der Waals surface area contributed by atoms with Gasteiger partial charge in [0, 0.05) is 6.54 Å². The van der Waals surface area contributed by atoms with Crippen molar-refractivity contribution in [2.75, 3.05) is 25.1 Å². The second kappa shape index (κ2) is 4.28. The van der Waals surface area contributed by atoms with Gasteiger partial charge in [-0.05, 0) is 26.0 Å². The standard InChI is InChI=1S/C13H18N2O2/c1-13(2)9-15(8-12(16)14-13)10-6-4-5-7-11(10)17-3/h4-7H,8-9H2,1-3H3,(H,14,16). The summed E-state index contributed by atoms with van der Waals surface area (Å²) in [5.74, 6) is 0.852. The van der Waals surface area contributed by atoms with Crippen molar-refractivity contribution in [3.63, 3.8) is 0 Å². The minimum absolute atomic E-state index is 0.0483. The van der Waals surface area contributed by atoms with E-state index in [2.05, 4.69) is 10.2 Å². The van der Waals surface area contributed by atoms with E-state index in [0.717, 1.165) is 18.0 Å². The Bertz CT molecular complexity index is 429. The first kappa shape index (κ1) is 11.8. The zero-order valence-corrected chi connectivity index (χ0v) is 10.5. The van der Waals surface area contributed by atoms with Crippen LogP contribution in [0.5, 0.6) is 5.75 Å². The van der Waals surface area contributed by atoms with E-state index in [-0.39, 0.29) is 11.4 Å². The molecule has 1 aliphatic heterocycles. The molecule has 4 heteroatoms. The quantitative estimate of drug-likeness (QED) is 0.841. The van der Waals surface area contributed by atoms with Gasteiger partial charge in [-0.2, -0.15) is 0 Å². The highest BCUT2D eigenvalue weighted by Crippen LogP contribution is 2.29. The number of nitrogens with one attached hydrogen (secondary N) is 1. The maximum absolute atomic E-state index is 11.7. The van der Waals surface area contributed by atoms with Crippen LogP contribution >= 0.6 is 0 Å². The Morgan fingerprint density at radius 3 is 2.71 bits per heavy atom. The number of amides is 1. The lowest BCUT2D eigenvalue weighted by Crippen LogP contribution is -2.60. The number of anilines is 1. The summed E-state index contributed by atoms with van der Waals surface area (Å²) in [6.45, 7) is 5.20. The number of piperazine rings is 1. The topological polar surface area (TPSA) is 41.6 Å². The normalized spacial score (nSPS) is 18.8. The first-order valence-electron chi connectivity index (χ1n) is 5.71. The van der Waals surface area contributed by atoms with E-state index < -0.39 is 0 Å². The molecule has 1 heterocycles. The average Bonchev–Trinajstić information content (AvgIpc) is 2.26. The van der Waals surface area contributed by atoms with Gasteiger partial charge in [-0.15, -0.1) is 0 Å². The van der Waals surface area contributed by atoms with Crippen LogP contribution in [0.1, 0.15) is 13.8 Å². The molecule has 0 saturated carbocycles. The van der Waals surface area contributed by atoms with Crippen molar-refractivity contribution in [3.8, 4) is 5.75 Å². The van der Waals surface area contributed by atoms with Crippen LogP contribution in [0.4, 0.5) is 5.69 Å².